The van der Waals surface area contributed by atoms with Gasteiger partial charge in [-0.15, -0.1) is 0 Å². The van der Waals surface area contributed by atoms with Gasteiger partial charge < -0.3 is 14.2 Å². The van der Waals surface area contributed by atoms with Crippen molar-refractivity contribution < 1.29 is 28.6 Å². The number of hydrogen-bond donors (Lipinski definition) is 0. The molecule has 1 unspecified atom stereocenters. The maximum absolute atomic E-state index is 12.9. The van der Waals surface area contributed by atoms with Gasteiger partial charge in [0, 0.05) is 19.3 Å². The van der Waals surface area contributed by atoms with Crippen molar-refractivity contribution in [1.82, 2.24) is 0 Å². The van der Waals surface area contributed by atoms with Crippen LogP contribution in [0.25, 0.3) is 0 Å². The van der Waals surface area contributed by atoms with Crippen LogP contribution in [0.15, 0.2) is 122 Å². The lowest BCUT2D eigenvalue weighted by molar-refractivity contribution is -0.167. The minimum atomic E-state index is -0.795. The normalized spacial score (nSPS) is 12.9. The van der Waals surface area contributed by atoms with E-state index in [0.717, 1.165) is 148 Å². The Morgan fingerprint density at radius 1 is 0.276 bits per heavy atom. The van der Waals surface area contributed by atoms with Crippen molar-refractivity contribution in [2.75, 3.05) is 13.2 Å². The van der Waals surface area contributed by atoms with Crippen molar-refractivity contribution in [3.63, 3.8) is 0 Å². The average molecular weight is 1050 g/mol. The topological polar surface area (TPSA) is 78.9 Å². The first-order chi connectivity index (χ1) is 37.5. The number of hydrogen-bond acceptors (Lipinski definition) is 6. The Hall–Kier alpha value is -4.19. The van der Waals surface area contributed by atoms with Crippen molar-refractivity contribution in [3.05, 3.63) is 122 Å². The quantitative estimate of drug-likeness (QED) is 0.0261. The summed E-state index contributed by atoms with van der Waals surface area (Å²) in [5.41, 5.74) is 0. The first-order valence-electron chi connectivity index (χ1n) is 31.5. The third-order valence-electron chi connectivity index (χ3n) is 13.2. The van der Waals surface area contributed by atoms with Gasteiger partial charge in [0.1, 0.15) is 13.2 Å². The molecule has 0 aromatic heterocycles. The SMILES string of the molecule is CC/C=C\C/C=C\C/C=C\C/C=C\C/C=C\C/C=C\CCCCCCCCC(=O)OCC(COC(=O)CCCCCCCCCCCCCCCC)OC(=O)CCCCCCCC/C=C\C/C=C\C/C=C\C/C=C\CC. The van der Waals surface area contributed by atoms with E-state index in [4.69, 9.17) is 14.2 Å². The first-order valence-corrected chi connectivity index (χ1v) is 31.5. The van der Waals surface area contributed by atoms with Gasteiger partial charge in [-0.05, 0) is 109 Å². The number of ether oxygens (including phenoxy) is 3. The van der Waals surface area contributed by atoms with Crippen molar-refractivity contribution in [2.45, 2.75) is 290 Å². The predicted octanol–water partition coefficient (Wildman–Crippen LogP) is 21.6. The smallest absolute Gasteiger partial charge is 0.306 e. The van der Waals surface area contributed by atoms with Crippen LogP contribution in [0.1, 0.15) is 284 Å². The monoisotopic (exact) mass is 1050 g/mol. The van der Waals surface area contributed by atoms with Crippen molar-refractivity contribution in [3.8, 4) is 0 Å². The van der Waals surface area contributed by atoms with E-state index in [1.165, 1.54) is 96.3 Å². The van der Waals surface area contributed by atoms with Crippen LogP contribution < -0.4 is 0 Å². The number of carbonyl (C=O) groups excluding carboxylic acids is 3. The average Bonchev–Trinajstić information content (AvgIpc) is 3.42. The summed E-state index contributed by atoms with van der Waals surface area (Å²) in [6, 6.07) is 0. The number of esters is 3. The summed E-state index contributed by atoms with van der Waals surface area (Å²) in [6.45, 7) is 6.41. The van der Waals surface area contributed by atoms with Crippen LogP contribution in [0.3, 0.4) is 0 Å². The van der Waals surface area contributed by atoms with E-state index in [0.29, 0.717) is 19.3 Å². The molecule has 6 nitrogen and oxygen atoms in total. The van der Waals surface area contributed by atoms with Crippen LogP contribution in [0, 0.1) is 0 Å². The summed E-state index contributed by atoms with van der Waals surface area (Å²) in [7, 11) is 0. The lowest BCUT2D eigenvalue weighted by Gasteiger charge is -2.18. The second-order valence-corrected chi connectivity index (χ2v) is 20.6. The Balaban J connectivity index is 4.42. The third kappa shape index (κ3) is 60.7. The van der Waals surface area contributed by atoms with E-state index >= 15 is 0 Å². The molecule has 0 radical (unpaired) electrons. The fraction of sp³-hybridized carbons (Fsp3) is 0.671. The molecule has 0 bridgehead atoms. The van der Waals surface area contributed by atoms with Gasteiger partial charge in [0.25, 0.3) is 0 Å². The molecule has 0 aromatic rings. The number of unbranched alkanes of at least 4 members (excludes halogenated alkanes) is 25. The molecule has 0 heterocycles. The molecule has 0 fully saturated rings. The minimum absolute atomic E-state index is 0.0890. The molecule has 0 aromatic carbocycles. The fourth-order valence-corrected chi connectivity index (χ4v) is 8.56. The van der Waals surface area contributed by atoms with Gasteiger partial charge in [-0.25, -0.2) is 0 Å². The van der Waals surface area contributed by atoms with Gasteiger partial charge in [-0.1, -0.05) is 277 Å². The second-order valence-electron chi connectivity index (χ2n) is 20.6. The van der Waals surface area contributed by atoms with Gasteiger partial charge >= 0.3 is 17.9 Å². The Bertz CT molecular complexity index is 1590. The van der Waals surface area contributed by atoms with Gasteiger partial charge in [-0.2, -0.15) is 0 Å². The molecular formula is C70H116O6. The summed E-state index contributed by atoms with van der Waals surface area (Å²) in [5.74, 6) is -0.913. The second kappa shape index (κ2) is 63.3. The molecule has 0 saturated carbocycles. The highest BCUT2D eigenvalue weighted by atomic mass is 16.6. The van der Waals surface area contributed by atoms with Crippen LogP contribution in [-0.4, -0.2) is 37.2 Å². The highest BCUT2D eigenvalue weighted by molar-refractivity contribution is 5.71. The Morgan fingerprint density at radius 3 is 0.803 bits per heavy atom. The Morgan fingerprint density at radius 2 is 0.513 bits per heavy atom. The first kappa shape index (κ1) is 71.8. The van der Waals surface area contributed by atoms with Gasteiger partial charge in [0.05, 0.1) is 0 Å². The molecular weight excluding hydrogens is 937 g/mol. The molecule has 432 valence electrons. The fourth-order valence-electron chi connectivity index (χ4n) is 8.56. The van der Waals surface area contributed by atoms with Crippen LogP contribution in [0.2, 0.25) is 0 Å². The maximum Gasteiger partial charge on any atom is 0.306 e. The largest absolute Gasteiger partial charge is 0.462 e. The van der Waals surface area contributed by atoms with Gasteiger partial charge in [-0.3, -0.25) is 14.4 Å². The molecule has 0 aliphatic carbocycles. The van der Waals surface area contributed by atoms with Crippen LogP contribution in [0.5, 0.6) is 0 Å². The molecule has 1 atom stereocenters. The molecule has 0 amide bonds. The molecule has 0 N–H and O–H groups in total. The highest BCUT2D eigenvalue weighted by Crippen LogP contribution is 2.16. The standard InChI is InChI=1S/C70H116O6/c1-4-7-10-13-16-19-22-25-28-30-32-33-34-35-36-37-39-40-42-45-48-51-54-57-60-63-69(72)75-66-67(65-74-68(71)62-59-56-53-50-47-44-27-24-21-18-15-12-9-6-3)76-70(73)64-61-58-55-52-49-46-43-41-38-31-29-26-23-20-17-14-11-8-5-2/h7-8,10-11,16-17,19-20,25-26,28-29,32-33,35-36,38-41,67H,4-6,9,12-15,18,21-24,27,30-31,34,37,42-66H2,1-3H3/b10-7-,11-8-,19-16-,20-17-,28-25-,29-26-,33-32-,36-35-,40-39-,41-38-. The molecule has 76 heavy (non-hydrogen) atoms. The van der Waals surface area contributed by atoms with E-state index in [1.54, 1.807) is 0 Å². The van der Waals surface area contributed by atoms with Gasteiger partial charge in [0.15, 0.2) is 6.10 Å². The van der Waals surface area contributed by atoms with Crippen LogP contribution in [0.4, 0.5) is 0 Å². The summed E-state index contributed by atoms with van der Waals surface area (Å²) in [5, 5.41) is 0. The van der Waals surface area contributed by atoms with E-state index < -0.39 is 6.10 Å². The van der Waals surface area contributed by atoms with Crippen LogP contribution in [-0.2, 0) is 28.6 Å². The van der Waals surface area contributed by atoms with Crippen molar-refractivity contribution in [2.24, 2.45) is 0 Å². The van der Waals surface area contributed by atoms with E-state index in [2.05, 4.69) is 142 Å². The summed E-state index contributed by atoms with van der Waals surface area (Å²) in [4.78, 5) is 38.3. The molecule has 0 saturated heterocycles. The Labute approximate surface area is 469 Å². The highest BCUT2D eigenvalue weighted by Gasteiger charge is 2.19. The minimum Gasteiger partial charge on any atom is -0.462 e. The summed E-state index contributed by atoms with van der Waals surface area (Å²) >= 11 is 0. The Kier molecular flexibility index (Phi) is 59.9. The molecule has 6 heteroatoms. The molecule has 0 aliphatic rings. The van der Waals surface area contributed by atoms with E-state index in [9.17, 15) is 14.4 Å². The van der Waals surface area contributed by atoms with Gasteiger partial charge in [0.2, 0.25) is 0 Å². The predicted molar refractivity (Wildman–Crippen MR) is 330 cm³/mol. The van der Waals surface area contributed by atoms with Crippen LogP contribution >= 0.6 is 0 Å². The maximum atomic E-state index is 12.9. The summed E-state index contributed by atoms with van der Waals surface area (Å²) < 4.78 is 16.9. The zero-order valence-electron chi connectivity index (χ0n) is 49.5. The zero-order valence-corrected chi connectivity index (χ0v) is 49.5. The molecule has 0 aliphatic heterocycles. The summed E-state index contributed by atoms with van der Waals surface area (Å²) in [6.07, 6.45) is 87.6. The zero-order chi connectivity index (χ0) is 55.0. The molecule has 0 rings (SSSR count). The van der Waals surface area contributed by atoms with Crippen molar-refractivity contribution >= 4 is 17.9 Å². The van der Waals surface area contributed by atoms with Crippen molar-refractivity contribution in [1.29, 1.82) is 0 Å². The van der Waals surface area contributed by atoms with E-state index in [-0.39, 0.29) is 31.1 Å². The third-order valence-corrected chi connectivity index (χ3v) is 13.2. The number of carbonyl (C=O) groups is 3. The molecule has 0 spiro atoms. The lowest BCUT2D eigenvalue weighted by Crippen LogP contribution is -2.30. The van der Waals surface area contributed by atoms with E-state index in [1.807, 2.05) is 0 Å². The number of allylic oxidation sites excluding steroid dienone is 20. The lowest BCUT2D eigenvalue weighted by atomic mass is 10.0. The number of rotatable bonds is 56.